The maximum Gasteiger partial charge on any atom is 0.187 e. The fourth-order valence-electron chi connectivity index (χ4n) is 7.01. The van der Waals surface area contributed by atoms with E-state index in [2.05, 4.69) is 150 Å². The van der Waals surface area contributed by atoms with Crippen LogP contribution in [0, 0.1) is 6.57 Å². The molecule has 3 nitrogen and oxygen atoms in total. The minimum Gasteiger partial charge on any atom is -0.238 e. The van der Waals surface area contributed by atoms with Gasteiger partial charge in [0.15, 0.2) is 11.5 Å². The first-order valence-corrected chi connectivity index (χ1v) is 16.7. The van der Waals surface area contributed by atoms with E-state index in [0.29, 0.717) is 11.5 Å². The van der Waals surface area contributed by atoms with Crippen molar-refractivity contribution in [3.8, 4) is 56.0 Å². The topological polar surface area (TPSA) is 30.1 Å². The first-order chi connectivity index (χ1) is 24.7. The van der Waals surface area contributed by atoms with Gasteiger partial charge in [-0.25, -0.2) is 14.8 Å². The molecule has 0 aliphatic rings. The van der Waals surface area contributed by atoms with Crippen LogP contribution in [0.3, 0.4) is 0 Å². The summed E-state index contributed by atoms with van der Waals surface area (Å²) >= 11 is 0. The molecule has 0 unspecified atom stereocenters. The van der Waals surface area contributed by atoms with E-state index in [1.54, 1.807) is 0 Å². The summed E-state index contributed by atoms with van der Waals surface area (Å²) in [6.07, 6.45) is 0. The van der Waals surface area contributed by atoms with Crippen LogP contribution in [0.25, 0.3) is 93.3 Å². The standard InChI is InChI=1S/C47H29N3/c1-48-37-27-25-32(26-28-37)31-17-19-34(20-18-31)39-29-30-40(42-13-5-4-12-41(39)42)35-21-23-36(24-22-35)47-49-45-16-7-6-14-44(45)46(50-47)43-15-8-10-33-9-2-3-11-38(33)43/h2-30H. The summed E-state index contributed by atoms with van der Waals surface area (Å²) in [4.78, 5) is 13.7. The summed E-state index contributed by atoms with van der Waals surface area (Å²) in [5.74, 6) is 0.712. The highest BCUT2D eigenvalue weighted by Crippen LogP contribution is 2.38. The SMILES string of the molecule is [C-]#[N+]c1ccc(-c2ccc(-c3ccc(-c4ccc(-c5nc(-c6cccc7ccccc67)c6ccccc6n5)cc4)c4ccccc34)cc2)cc1. The van der Waals surface area contributed by atoms with Crippen LogP contribution in [0.1, 0.15) is 0 Å². The Morgan fingerprint density at radius 3 is 1.50 bits per heavy atom. The molecule has 1 aromatic heterocycles. The fraction of sp³-hybridized carbons (Fsp3) is 0. The van der Waals surface area contributed by atoms with Gasteiger partial charge in [0.1, 0.15) is 0 Å². The van der Waals surface area contributed by atoms with E-state index in [-0.39, 0.29) is 0 Å². The Morgan fingerprint density at radius 1 is 0.360 bits per heavy atom. The Bertz CT molecular complexity index is 2730. The van der Waals surface area contributed by atoms with Gasteiger partial charge in [-0.1, -0.05) is 170 Å². The first-order valence-electron chi connectivity index (χ1n) is 16.7. The molecule has 0 saturated carbocycles. The lowest BCUT2D eigenvalue weighted by Crippen LogP contribution is -1.96. The number of aromatic nitrogens is 2. The Balaban J connectivity index is 1.08. The van der Waals surface area contributed by atoms with Gasteiger partial charge in [0.05, 0.1) is 17.8 Å². The second-order valence-corrected chi connectivity index (χ2v) is 12.5. The normalized spacial score (nSPS) is 11.2. The van der Waals surface area contributed by atoms with Crippen LogP contribution in [0.15, 0.2) is 176 Å². The molecule has 1 heterocycles. The third kappa shape index (κ3) is 5.17. The van der Waals surface area contributed by atoms with Gasteiger partial charge in [-0.05, 0) is 61.0 Å². The lowest BCUT2D eigenvalue weighted by atomic mass is 9.91. The van der Waals surface area contributed by atoms with Crippen LogP contribution >= 0.6 is 0 Å². The molecule has 3 heteroatoms. The fourth-order valence-corrected chi connectivity index (χ4v) is 7.01. The van der Waals surface area contributed by atoms with Crippen molar-refractivity contribution >= 4 is 38.1 Å². The van der Waals surface area contributed by atoms with Crippen molar-refractivity contribution in [2.45, 2.75) is 0 Å². The summed E-state index contributed by atoms with van der Waals surface area (Å²) in [7, 11) is 0. The summed E-state index contributed by atoms with van der Waals surface area (Å²) in [5, 5.41) is 5.83. The lowest BCUT2D eigenvalue weighted by molar-refractivity contribution is 1.23. The zero-order valence-electron chi connectivity index (χ0n) is 27.1. The third-order valence-corrected chi connectivity index (χ3v) is 9.55. The molecule has 0 aliphatic carbocycles. The molecule has 8 aromatic carbocycles. The van der Waals surface area contributed by atoms with Crippen LogP contribution in [-0.2, 0) is 0 Å². The van der Waals surface area contributed by atoms with Gasteiger partial charge in [0.2, 0.25) is 0 Å². The zero-order valence-corrected chi connectivity index (χ0v) is 27.1. The minimum absolute atomic E-state index is 0.652. The Hall–Kier alpha value is -6.89. The molecular formula is C47H29N3. The number of hydrogen-bond donors (Lipinski definition) is 0. The van der Waals surface area contributed by atoms with E-state index in [0.717, 1.165) is 44.4 Å². The Labute approximate surface area is 290 Å². The molecule has 0 atom stereocenters. The van der Waals surface area contributed by atoms with Gasteiger partial charge in [-0.3, -0.25) is 0 Å². The largest absolute Gasteiger partial charge is 0.238 e. The van der Waals surface area contributed by atoms with Crippen LogP contribution < -0.4 is 0 Å². The predicted molar refractivity (Wildman–Crippen MR) is 208 cm³/mol. The van der Waals surface area contributed by atoms with Gasteiger partial charge < -0.3 is 0 Å². The monoisotopic (exact) mass is 635 g/mol. The molecule has 0 bridgehead atoms. The highest BCUT2D eigenvalue weighted by atomic mass is 14.9. The smallest absolute Gasteiger partial charge is 0.187 e. The first kappa shape index (κ1) is 29.3. The second-order valence-electron chi connectivity index (χ2n) is 12.5. The van der Waals surface area contributed by atoms with Gasteiger partial charge in [-0.2, -0.15) is 0 Å². The average molecular weight is 636 g/mol. The van der Waals surface area contributed by atoms with Gasteiger partial charge >= 0.3 is 0 Å². The molecule has 0 N–H and O–H groups in total. The van der Waals surface area contributed by atoms with Crippen molar-refractivity contribution < 1.29 is 0 Å². The van der Waals surface area contributed by atoms with Crippen LogP contribution in [0.4, 0.5) is 5.69 Å². The van der Waals surface area contributed by atoms with Gasteiger partial charge in [-0.15, -0.1) is 0 Å². The molecule has 0 fully saturated rings. The van der Waals surface area contributed by atoms with Gasteiger partial charge in [0.25, 0.3) is 0 Å². The molecule has 0 spiro atoms. The van der Waals surface area contributed by atoms with E-state index in [4.69, 9.17) is 16.5 Å². The zero-order chi connectivity index (χ0) is 33.4. The van der Waals surface area contributed by atoms with Crippen LogP contribution in [0.5, 0.6) is 0 Å². The predicted octanol–water partition coefficient (Wildman–Crippen LogP) is 12.8. The van der Waals surface area contributed by atoms with Gasteiger partial charge in [0, 0.05) is 16.5 Å². The number of fused-ring (bicyclic) bond motifs is 3. The van der Waals surface area contributed by atoms with Crippen molar-refractivity contribution in [1.82, 2.24) is 9.97 Å². The molecule has 0 amide bonds. The Kier molecular flexibility index (Phi) is 7.19. The molecular weight excluding hydrogens is 607 g/mol. The molecule has 50 heavy (non-hydrogen) atoms. The average Bonchev–Trinajstić information content (AvgIpc) is 3.20. The van der Waals surface area contributed by atoms with E-state index in [1.165, 1.54) is 38.2 Å². The number of para-hydroxylation sites is 1. The van der Waals surface area contributed by atoms with Crippen LogP contribution in [0.2, 0.25) is 0 Å². The third-order valence-electron chi connectivity index (χ3n) is 9.55. The van der Waals surface area contributed by atoms with Crippen molar-refractivity contribution in [3.63, 3.8) is 0 Å². The molecule has 9 aromatic rings. The van der Waals surface area contributed by atoms with Crippen molar-refractivity contribution in [2.75, 3.05) is 0 Å². The second kappa shape index (κ2) is 12.3. The highest BCUT2D eigenvalue weighted by Gasteiger charge is 2.15. The van der Waals surface area contributed by atoms with Crippen molar-refractivity contribution in [1.29, 1.82) is 0 Å². The van der Waals surface area contributed by atoms with E-state index < -0.39 is 0 Å². The summed E-state index contributed by atoms with van der Waals surface area (Å²) in [6, 6.07) is 61.3. The molecule has 232 valence electrons. The molecule has 0 radical (unpaired) electrons. The Morgan fingerprint density at radius 2 is 0.860 bits per heavy atom. The van der Waals surface area contributed by atoms with E-state index >= 15 is 0 Å². The highest BCUT2D eigenvalue weighted by molar-refractivity contribution is 6.06. The maximum absolute atomic E-state index is 7.22. The van der Waals surface area contributed by atoms with Crippen LogP contribution in [-0.4, -0.2) is 9.97 Å². The summed E-state index contributed by atoms with van der Waals surface area (Å²) in [5.41, 5.74) is 11.5. The molecule has 9 rings (SSSR count). The van der Waals surface area contributed by atoms with Crippen molar-refractivity contribution in [2.24, 2.45) is 0 Å². The number of rotatable bonds is 5. The summed E-state index contributed by atoms with van der Waals surface area (Å²) in [6.45, 7) is 7.22. The van der Waals surface area contributed by atoms with E-state index in [9.17, 15) is 0 Å². The number of benzene rings is 8. The van der Waals surface area contributed by atoms with Crippen molar-refractivity contribution in [3.05, 3.63) is 187 Å². The lowest BCUT2D eigenvalue weighted by Gasteiger charge is -2.14. The minimum atomic E-state index is 0.652. The quantitative estimate of drug-likeness (QED) is 0.176. The van der Waals surface area contributed by atoms with E-state index in [1.807, 2.05) is 30.3 Å². The maximum atomic E-state index is 7.22. The number of hydrogen-bond acceptors (Lipinski definition) is 2. The molecule has 0 aliphatic heterocycles. The molecule has 0 saturated heterocycles. The summed E-state index contributed by atoms with van der Waals surface area (Å²) < 4.78 is 0. The number of nitrogens with zero attached hydrogens (tertiary/aromatic N) is 3.